The van der Waals surface area contributed by atoms with Gasteiger partial charge in [-0.15, -0.1) is 0 Å². The molecule has 2 aromatic rings. The topological polar surface area (TPSA) is 68.0 Å². The minimum absolute atomic E-state index is 0.0257. The van der Waals surface area contributed by atoms with Gasteiger partial charge in [0.15, 0.2) is 0 Å². The summed E-state index contributed by atoms with van der Waals surface area (Å²) in [6.07, 6.45) is 1.38. The first-order valence-electron chi connectivity index (χ1n) is 5.84. The molecule has 2 rings (SSSR count). The molecule has 0 radical (unpaired) electrons. The Morgan fingerprint density at radius 2 is 2.05 bits per heavy atom. The maximum Gasteiger partial charge on any atom is 0.252 e. The fraction of sp³-hybridized carbons (Fsp3) is 0.143. The van der Waals surface area contributed by atoms with Crippen LogP contribution in [0.2, 0.25) is 5.15 Å². The molecule has 0 aliphatic heterocycles. The Morgan fingerprint density at radius 3 is 2.68 bits per heavy atom. The van der Waals surface area contributed by atoms with Crippen LogP contribution < -0.4 is 11.1 Å². The van der Waals surface area contributed by atoms with Crippen molar-refractivity contribution in [1.82, 2.24) is 4.98 Å². The second-order valence-electron chi connectivity index (χ2n) is 4.19. The molecule has 1 aromatic heterocycles. The predicted molar refractivity (Wildman–Crippen MR) is 76.2 cm³/mol. The van der Waals surface area contributed by atoms with Crippen LogP contribution in [-0.2, 0) is 0 Å². The second kappa shape index (κ2) is 5.71. The third kappa shape index (κ3) is 3.23. The lowest BCUT2D eigenvalue weighted by Gasteiger charge is -2.17. The summed E-state index contributed by atoms with van der Waals surface area (Å²) in [6.45, 7) is 1.99. The average Bonchev–Trinajstić information content (AvgIpc) is 2.39. The Labute approximate surface area is 116 Å². The number of benzene rings is 1. The van der Waals surface area contributed by atoms with E-state index in [1.165, 1.54) is 6.20 Å². The van der Waals surface area contributed by atoms with E-state index in [1.807, 2.05) is 37.3 Å². The number of anilines is 1. The van der Waals surface area contributed by atoms with Gasteiger partial charge in [-0.3, -0.25) is 4.79 Å². The lowest BCUT2D eigenvalue weighted by Crippen LogP contribution is -2.16. The number of nitrogens with two attached hydrogens (primary N) is 1. The van der Waals surface area contributed by atoms with E-state index in [0.717, 1.165) is 5.56 Å². The molecule has 98 valence electrons. The number of amides is 1. The largest absolute Gasteiger partial charge is 0.378 e. The molecule has 5 heteroatoms. The SMILES string of the molecule is CC(Nc1cc(Cl)ncc1C(N)=O)c1ccccc1. The Balaban J connectivity index is 2.28. The number of primary amides is 1. The first kappa shape index (κ1) is 13.4. The van der Waals surface area contributed by atoms with Crippen LogP contribution in [0.1, 0.15) is 28.9 Å². The lowest BCUT2D eigenvalue weighted by molar-refractivity contribution is 0.100. The molecule has 1 amide bonds. The standard InChI is InChI=1S/C14H14ClN3O/c1-9(10-5-3-2-4-6-10)18-12-7-13(15)17-8-11(12)14(16)19/h2-9H,1H3,(H2,16,19)(H,17,18). The summed E-state index contributed by atoms with van der Waals surface area (Å²) < 4.78 is 0. The Hall–Kier alpha value is -2.07. The molecule has 1 atom stereocenters. The van der Waals surface area contributed by atoms with Gasteiger partial charge in [0.1, 0.15) is 5.15 Å². The number of rotatable bonds is 4. The van der Waals surface area contributed by atoms with Crippen LogP contribution in [0, 0.1) is 0 Å². The minimum atomic E-state index is -0.535. The predicted octanol–water partition coefficient (Wildman–Crippen LogP) is 3.01. The maximum absolute atomic E-state index is 11.4. The lowest BCUT2D eigenvalue weighted by atomic mass is 10.1. The van der Waals surface area contributed by atoms with Gasteiger partial charge in [-0.1, -0.05) is 41.9 Å². The van der Waals surface area contributed by atoms with E-state index in [-0.39, 0.29) is 6.04 Å². The average molecular weight is 276 g/mol. The highest BCUT2D eigenvalue weighted by atomic mass is 35.5. The molecule has 0 saturated heterocycles. The fourth-order valence-electron chi connectivity index (χ4n) is 1.80. The number of carbonyl (C=O) groups excluding carboxylic acids is 1. The normalized spacial score (nSPS) is 11.9. The van der Waals surface area contributed by atoms with Gasteiger partial charge < -0.3 is 11.1 Å². The highest BCUT2D eigenvalue weighted by molar-refractivity contribution is 6.29. The van der Waals surface area contributed by atoms with Crippen molar-refractivity contribution in [2.45, 2.75) is 13.0 Å². The number of pyridine rings is 1. The van der Waals surface area contributed by atoms with Gasteiger partial charge in [-0.2, -0.15) is 0 Å². The molecule has 0 saturated carbocycles. The van der Waals surface area contributed by atoms with Crippen molar-refractivity contribution in [3.05, 3.63) is 58.9 Å². The van der Waals surface area contributed by atoms with Crippen molar-refractivity contribution in [1.29, 1.82) is 0 Å². The zero-order chi connectivity index (χ0) is 13.8. The van der Waals surface area contributed by atoms with Gasteiger partial charge in [0.2, 0.25) is 0 Å². The number of carbonyl (C=O) groups is 1. The summed E-state index contributed by atoms with van der Waals surface area (Å²) in [5.41, 5.74) is 7.33. The summed E-state index contributed by atoms with van der Waals surface area (Å²) in [5, 5.41) is 3.54. The monoisotopic (exact) mass is 275 g/mol. The van der Waals surface area contributed by atoms with Crippen molar-refractivity contribution in [2.75, 3.05) is 5.32 Å². The molecule has 1 aromatic carbocycles. The zero-order valence-corrected chi connectivity index (χ0v) is 11.2. The van der Waals surface area contributed by atoms with Crippen LogP contribution in [0.3, 0.4) is 0 Å². The molecular weight excluding hydrogens is 262 g/mol. The van der Waals surface area contributed by atoms with Crippen LogP contribution in [0.15, 0.2) is 42.6 Å². The number of nitrogens with zero attached hydrogens (tertiary/aromatic N) is 1. The van der Waals surface area contributed by atoms with E-state index in [2.05, 4.69) is 10.3 Å². The maximum atomic E-state index is 11.4. The van der Waals surface area contributed by atoms with Gasteiger partial charge in [0.05, 0.1) is 11.3 Å². The first-order valence-corrected chi connectivity index (χ1v) is 6.22. The van der Waals surface area contributed by atoms with Crippen molar-refractivity contribution in [2.24, 2.45) is 5.73 Å². The molecule has 4 nitrogen and oxygen atoms in total. The van der Waals surface area contributed by atoms with Gasteiger partial charge in [0, 0.05) is 12.2 Å². The molecule has 0 spiro atoms. The zero-order valence-electron chi connectivity index (χ0n) is 10.4. The van der Waals surface area contributed by atoms with E-state index in [9.17, 15) is 4.79 Å². The molecule has 0 fully saturated rings. The molecule has 0 aliphatic carbocycles. The second-order valence-corrected chi connectivity index (χ2v) is 4.58. The molecule has 19 heavy (non-hydrogen) atoms. The van der Waals surface area contributed by atoms with Crippen molar-refractivity contribution >= 4 is 23.2 Å². The summed E-state index contributed by atoms with van der Waals surface area (Å²) >= 11 is 5.85. The summed E-state index contributed by atoms with van der Waals surface area (Å²) in [6, 6.07) is 11.5. The molecule has 3 N–H and O–H groups in total. The Morgan fingerprint density at radius 1 is 1.37 bits per heavy atom. The molecule has 1 unspecified atom stereocenters. The van der Waals surface area contributed by atoms with Crippen LogP contribution in [0.5, 0.6) is 0 Å². The van der Waals surface area contributed by atoms with Crippen molar-refractivity contribution in [3.63, 3.8) is 0 Å². The first-order chi connectivity index (χ1) is 9.08. The highest BCUT2D eigenvalue weighted by Crippen LogP contribution is 2.24. The van der Waals surface area contributed by atoms with E-state index in [4.69, 9.17) is 17.3 Å². The van der Waals surface area contributed by atoms with Crippen molar-refractivity contribution in [3.8, 4) is 0 Å². The van der Waals surface area contributed by atoms with Crippen LogP contribution in [-0.4, -0.2) is 10.9 Å². The van der Waals surface area contributed by atoms with Gasteiger partial charge in [-0.05, 0) is 18.6 Å². The van der Waals surface area contributed by atoms with Gasteiger partial charge in [0.25, 0.3) is 5.91 Å². The summed E-state index contributed by atoms with van der Waals surface area (Å²) in [7, 11) is 0. The highest BCUT2D eigenvalue weighted by Gasteiger charge is 2.12. The summed E-state index contributed by atoms with van der Waals surface area (Å²) in [4.78, 5) is 15.2. The number of aromatic nitrogens is 1. The third-order valence-corrected chi connectivity index (χ3v) is 3.01. The van der Waals surface area contributed by atoms with Crippen molar-refractivity contribution < 1.29 is 4.79 Å². The van der Waals surface area contributed by atoms with E-state index in [1.54, 1.807) is 6.07 Å². The fourth-order valence-corrected chi connectivity index (χ4v) is 1.96. The van der Waals surface area contributed by atoms with Crippen LogP contribution in [0.4, 0.5) is 5.69 Å². The molecule has 0 aliphatic rings. The minimum Gasteiger partial charge on any atom is -0.378 e. The quantitative estimate of drug-likeness (QED) is 0.843. The van der Waals surface area contributed by atoms with Crippen LogP contribution in [0.25, 0.3) is 0 Å². The molecule has 1 heterocycles. The molecule has 0 bridgehead atoms. The van der Waals surface area contributed by atoms with Gasteiger partial charge >= 0.3 is 0 Å². The Kier molecular flexibility index (Phi) is 4.02. The number of hydrogen-bond donors (Lipinski definition) is 2. The van der Waals surface area contributed by atoms with E-state index < -0.39 is 5.91 Å². The number of nitrogens with one attached hydrogen (secondary N) is 1. The Bertz CT molecular complexity index is 586. The summed E-state index contributed by atoms with van der Waals surface area (Å²) in [5.74, 6) is -0.535. The van der Waals surface area contributed by atoms with E-state index in [0.29, 0.717) is 16.4 Å². The third-order valence-electron chi connectivity index (χ3n) is 2.81. The number of hydrogen-bond acceptors (Lipinski definition) is 3. The van der Waals surface area contributed by atoms with E-state index >= 15 is 0 Å². The van der Waals surface area contributed by atoms with Crippen LogP contribution >= 0.6 is 11.6 Å². The number of halogens is 1. The van der Waals surface area contributed by atoms with Gasteiger partial charge in [-0.25, -0.2) is 4.98 Å². The molecular formula is C14H14ClN3O. The smallest absolute Gasteiger partial charge is 0.252 e.